The molecule has 0 bridgehead atoms. The average molecular weight is 230 g/mol. The summed E-state index contributed by atoms with van der Waals surface area (Å²) in [4.78, 5) is 0. The average Bonchev–Trinajstić information content (AvgIpc) is 2.78. The predicted octanol–water partition coefficient (Wildman–Crippen LogP) is 2.41. The molecule has 90 valence electrons. The van der Waals surface area contributed by atoms with Crippen molar-refractivity contribution < 1.29 is 0 Å². The van der Waals surface area contributed by atoms with E-state index in [4.69, 9.17) is 5.73 Å². The molecule has 0 unspecified atom stereocenters. The van der Waals surface area contributed by atoms with Gasteiger partial charge in [-0.15, -0.1) is 0 Å². The van der Waals surface area contributed by atoms with Gasteiger partial charge >= 0.3 is 0 Å². The SMILES string of the molecule is CCn1ccc(CNc2cc(C)ccc2N)n1. The van der Waals surface area contributed by atoms with E-state index in [1.54, 1.807) is 0 Å². The number of hydrogen-bond acceptors (Lipinski definition) is 3. The van der Waals surface area contributed by atoms with Gasteiger partial charge in [0.15, 0.2) is 0 Å². The largest absolute Gasteiger partial charge is 0.397 e. The molecule has 1 aromatic heterocycles. The Hall–Kier alpha value is -1.97. The van der Waals surface area contributed by atoms with E-state index in [0.717, 1.165) is 23.6 Å². The van der Waals surface area contributed by atoms with Crippen molar-refractivity contribution in [3.8, 4) is 0 Å². The van der Waals surface area contributed by atoms with E-state index < -0.39 is 0 Å². The Morgan fingerprint density at radius 3 is 2.88 bits per heavy atom. The van der Waals surface area contributed by atoms with Crippen LogP contribution in [0.3, 0.4) is 0 Å². The third kappa shape index (κ3) is 2.78. The summed E-state index contributed by atoms with van der Waals surface area (Å²) in [6.07, 6.45) is 1.98. The topological polar surface area (TPSA) is 55.9 Å². The molecule has 0 atom stereocenters. The number of nitrogens with one attached hydrogen (secondary N) is 1. The summed E-state index contributed by atoms with van der Waals surface area (Å²) in [5.74, 6) is 0. The van der Waals surface area contributed by atoms with Gasteiger partial charge in [0.2, 0.25) is 0 Å². The van der Waals surface area contributed by atoms with Crippen LogP contribution in [0.1, 0.15) is 18.2 Å². The van der Waals surface area contributed by atoms with Crippen molar-refractivity contribution >= 4 is 11.4 Å². The Labute approximate surface area is 101 Å². The zero-order valence-electron chi connectivity index (χ0n) is 10.3. The predicted molar refractivity (Wildman–Crippen MR) is 70.8 cm³/mol. The van der Waals surface area contributed by atoms with Gasteiger partial charge in [-0.05, 0) is 37.6 Å². The molecule has 4 heteroatoms. The number of anilines is 2. The van der Waals surface area contributed by atoms with Gasteiger partial charge in [0.1, 0.15) is 0 Å². The highest BCUT2D eigenvalue weighted by Gasteiger charge is 2.01. The molecule has 2 rings (SSSR count). The summed E-state index contributed by atoms with van der Waals surface area (Å²) in [7, 11) is 0. The van der Waals surface area contributed by atoms with Crippen LogP contribution < -0.4 is 11.1 Å². The van der Waals surface area contributed by atoms with Crippen molar-refractivity contribution in [2.24, 2.45) is 0 Å². The van der Waals surface area contributed by atoms with Crippen molar-refractivity contribution in [1.82, 2.24) is 9.78 Å². The fraction of sp³-hybridized carbons (Fsp3) is 0.308. The van der Waals surface area contributed by atoms with Gasteiger partial charge in [-0.3, -0.25) is 4.68 Å². The lowest BCUT2D eigenvalue weighted by Crippen LogP contribution is -2.04. The molecule has 0 fully saturated rings. The highest BCUT2D eigenvalue weighted by Crippen LogP contribution is 2.20. The highest BCUT2D eigenvalue weighted by molar-refractivity contribution is 5.66. The molecule has 4 nitrogen and oxygen atoms in total. The lowest BCUT2D eigenvalue weighted by Gasteiger charge is -2.08. The van der Waals surface area contributed by atoms with Crippen molar-refractivity contribution in [3.63, 3.8) is 0 Å². The first kappa shape index (κ1) is 11.5. The number of rotatable bonds is 4. The molecule has 0 saturated heterocycles. The van der Waals surface area contributed by atoms with Gasteiger partial charge < -0.3 is 11.1 Å². The second-order valence-corrected chi connectivity index (χ2v) is 4.11. The summed E-state index contributed by atoms with van der Waals surface area (Å²) in [5, 5.41) is 7.72. The Morgan fingerprint density at radius 1 is 1.35 bits per heavy atom. The maximum atomic E-state index is 5.90. The number of aromatic nitrogens is 2. The molecule has 0 spiro atoms. The molecule has 0 amide bonds. The van der Waals surface area contributed by atoms with Crippen molar-refractivity contribution in [2.45, 2.75) is 26.9 Å². The van der Waals surface area contributed by atoms with Crippen LogP contribution in [0.25, 0.3) is 0 Å². The zero-order valence-corrected chi connectivity index (χ0v) is 10.3. The second-order valence-electron chi connectivity index (χ2n) is 4.11. The van der Waals surface area contributed by atoms with E-state index in [0.29, 0.717) is 6.54 Å². The highest BCUT2D eigenvalue weighted by atomic mass is 15.3. The van der Waals surface area contributed by atoms with Crippen molar-refractivity contribution in [2.75, 3.05) is 11.1 Å². The molecule has 0 radical (unpaired) electrons. The number of hydrogen-bond donors (Lipinski definition) is 2. The summed E-state index contributed by atoms with van der Waals surface area (Å²) in [5.41, 5.74) is 9.85. The minimum atomic E-state index is 0.695. The Balaban J connectivity index is 2.04. The number of benzene rings is 1. The monoisotopic (exact) mass is 230 g/mol. The number of nitrogen functional groups attached to an aromatic ring is 1. The Morgan fingerprint density at radius 2 is 2.18 bits per heavy atom. The van der Waals surface area contributed by atoms with Crippen molar-refractivity contribution in [1.29, 1.82) is 0 Å². The molecule has 17 heavy (non-hydrogen) atoms. The Bertz CT molecular complexity index is 502. The quantitative estimate of drug-likeness (QED) is 0.793. The maximum Gasteiger partial charge on any atom is 0.0815 e. The van der Waals surface area contributed by atoms with Crippen LogP contribution in [0.5, 0.6) is 0 Å². The van der Waals surface area contributed by atoms with Gasteiger partial charge in [-0.2, -0.15) is 5.10 Å². The molecule has 2 aromatic rings. The molecule has 1 heterocycles. The van der Waals surface area contributed by atoms with Crippen LogP contribution >= 0.6 is 0 Å². The van der Waals surface area contributed by atoms with Crippen LogP contribution in [0, 0.1) is 6.92 Å². The standard InChI is InChI=1S/C13H18N4/c1-3-17-7-6-11(16-17)9-15-13-8-10(2)4-5-12(13)14/h4-8,15H,3,9,14H2,1-2H3. The third-order valence-electron chi connectivity index (χ3n) is 2.69. The van der Waals surface area contributed by atoms with Crippen LogP contribution in [0.2, 0.25) is 0 Å². The number of aryl methyl sites for hydroxylation is 2. The second kappa shape index (κ2) is 4.91. The van der Waals surface area contributed by atoms with Crippen molar-refractivity contribution in [3.05, 3.63) is 41.7 Å². The smallest absolute Gasteiger partial charge is 0.0815 e. The first-order valence-electron chi connectivity index (χ1n) is 5.81. The fourth-order valence-corrected chi connectivity index (χ4v) is 1.68. The molecular formula is C13H18N4. The lowest BCUT2D eigenvalue weighted by atomic mass is 10.2. The van der Waals surface area contributed by atoms with Gasteiger partial charge in [-0.25, -0.2) is 0 Å². The first-order valence-corrected chi connectivity index (χ1v) is 5.81. The number of nitrogens with two attached hydrogens (primary N) is 1. The van der Waals surface area contributed by atoms with E-state index >= 15 is 0 Å². The molecule has 0 aliphatic rings. The fourth-order valence-electron chi connectivity index (χ4n) is 1.68. The molecule has 1 aromatic carbocycles. The molecule has 0 aliphatic carbocycles. The summed E-state index contributed by atoms with van der Waals surface area (Å²) in [6.45, 7) is 5.71. The normalized spacial score (nSPS) is 10.5. The van der Waals surface area contributed by atoms with Gasteiger partial charge in [0.25, 0.3) is 0 Å². The minimum Gasteiger partial charge on any atom is -0.397 e. The summed E-state index contributed by atoms with van der Waals surface area (Å²) in [6, 6.07) is 7.99. The van der Waals surface area contributed by atoms with Gasteiger partial charge in [-0.1, -0.05) is 6.07 Å². The van der Waals surface area contributed by atoms with E-state index in [-0.39, 0.29) is 0 Å². The van der Waals surface area contributed by atoms with Gasteiger partial charge in [0.05, 0.1) is 23.6 Å². The molecule has 3 N–H and O–H groups in total. The van der Waals surface area contributed by atoms with Crippen LogP contribution in [0.15, 0.2) is 30.5 Å². The van der Waals surface area contributed by atoms with E-state index in [1.807, 2.05) is 35.1 Å². The van der Waals surface area contributed by atoms with Crippen LogP contribution in [-0.2, 0) is 13.1 Å². The summed E-state index contributed by atoms with van der Waals surface area (Å²) < 4.78 is 1.91. The van der Waals surface area contributed by atoms with Crippen LogP contribution in [-0.4, -0.2) is 9.78 Å². The summed E-state index contributed by atoms with van der Waals surface area (Å²) >= 11 is 0. The maximum absolute atomic E-state index is 5.90. The van der Waals surface area contributed by atoms with Crippen LogP contribution in [0.4, 0.5) is 11.4 Å². The zero-order chi connectivity index (χ0) is 12.3. The number of nitrogens with zero attached hydrogens (tertiary/aromatic N) is 2. The minimum absolute atomic E-state index is 0.695. The van der Waals surface area contributed by atoms with E-state index in [2.05, 4.69) is 24.3 Å². The Kier molecular flexibility index (Phi) is 3.32. The molecule has 0 saturated carbocycles. The van der Waals surface area contributed by atoms with E-state index in [9.17, 15) is 0 Å². The molecule has 0 aliphatic heterocycles. The van der Waals surface area contributed by atoms with Gasteiger partial charge in [0, 0.05) is 12.7 Å². The third-order valence-corrected chi connectivity index (χ3v) is 2.69. The first-order chi connectivity index (χ1) is 8.19. The lowest BCUT2D eigenvalue weighted by molar-refractivity contribution is 0.649. The molecular weight excluding hydrogens is 212 g/mol. The van der Waals surface area contributed by atoms with E-state index in [1.165, 1.54) is 5.56 Å².